The van der Waals surface area contributed by atoms with Crippen molar-refractivity contribution in [2.75, 3.05) is 6.61 Å². The Labute approximate surface area is 67.6 Å². The summed E-state index contributed by atoms with van der Waals surface area (Å²) in [6.07, 6.45) is 6.61. The van der Waals surface area contributed by atoms with E-state index in [9.17, 15) is 5.11 Å². The van der Waals surface area contributed by atoms with E-state index in [1.54, 1.807) is 0 Å². The maximum absolute atomic E-state index is 9.68. The molecule has 1 N–H and O–H groups in total. The molecule has 0 amide bonds. The van der Waals surface area contributed by atoms with Crippen LogP contribution in [0.4, 0.5) is 0 Å². The van der Waals surface area contributed by atoms with Crippen molar-refractivity contribution in [2.24, 2.45) is 0 Å². The zero-order chi connectivity index (χ0) is 7.73. The highest BCUT2D eigenvalue weighted by Gasteiger charge is 2.43. The molecule has 11 heavy (non-hydrogen) atoms. The van der Waals surface area contributed by atoms with Crippen molar-refractivity contribution >= 4 is 0 Å². The van der Waals surface area contributed by atoms with Crippen LogP contribution in [0.1, 0.15) is 38.5 Å². The molecule has 2 nitrogen and oxygen atoms in total. The van der Waals surface area contributed by atoms with Crippen molar-refractivity contribution in [3.63, 3.8) is 0 Å². The van der Waals surface area contributed by atoms with Gasteiger partial charge in [-0.25, -0.2) is 0 Å². The number of aliphatic hydroxyl groups is 1. The van der Waals surface area contributed by atoms with Gasteiger partial charge in [0.1, 0.15) is 0 Å². The van der Waals surface area contributed by atoms with Gasteiger partial charge in [-0.15, -0.1) is 0 Å². The average molecular weight is 156 g/mol. The van der Waals surface area contributed by atoms with Crippen LogP contribution in [0.2, 0.25) is 0 Å². The Kier molecular flexibility index (Phi) is 1.90. The Balaban J connectivity index is 2.06. The van der Waals surface area contributed by atoms with Crippen molar-refractivity contribution in [3.05, 3.63) is 0 Å². The third-order valence-corrected chi connectivity index (χ3v) is 3.09. The van der Waals surface area contributed by atoms with E-state index < -0.39 is 0 Å². The minimum atomic E-state index is -0.178. The van der Waals surface area contributed by atoms with E-state index in [1.807, 2.05) is 0 Å². The van der Waals surface area contributed by atoms with Gasteiger partial charge in [0.15, 0.2) is 0 Å². The first-order valence-electron chi connectivity index (χ1n) is 4.66. The summed E-state index contributed by atoms with van der Waals surface area (Å²) >= 11 is 0. The normalized spacial score (nSPS) is 36.3. The van der Waals surface area contributed by atoms with Crippen LogP contribution in [0.15, 0.2) is 0 Å². The molecular formula is C9H16O2. The molecule has 0 unspecified atom stereocenters. The maximum atomic E-state index is 9.68. The highest BCUT2D eigenvalue weighted by atomic mass is 16.5. The van der Waals surface area contributed by atoms with Crippen LogP contribution in [0, 0.1) is 0 Å². The van der Waals surface area contributed by atoms with Crippen LogP contribution in [0.3, 0.4) is 0 Å². The second-order valence-electron chi connectivity index (χ2n) is 3.78. The minimum absolute atomic E-state index is 0.113. The predicted octanol–water partition coefficient (Wildman–Crippen LogP) is 1.47. The number of hydrogen-bond donors (Lipinski definition) is 1. The molecule has 0 radical (unpaired) electrons. The molecule has 2 aliphatic rings. The zero-order valence-electron chi connectivity index (χ0n) is 6.88. The quantitative estimate of drug-likeness (QED) is 0.575. The van der Waals surface area contributed by atoms with Crippen LogP contribution in [-0.4, -0.2) is 23.4 Å². The molecule has 0 aromatic heterocycles. The molecule has 1 aliphatic carbocycles. The molecule has 1 saturated heterocycles. The third kappa shape index (κ3) is 1.18. The molecule has 1 aliphatic heterocycles. The van der Waals surface area contributed by atoms with Crippen LogP contribution in [-0.2, 0) is 4.74 Å². The molecular weight excluding hydrogens is 140 g/mol. The van der Waals surface area contributed by atoms with Crippen LogP contribution in [0.25, 0.3) is 0 Å². The molecule has 0 aromatic carbocycles. The summed E-state index contributed by atoms with van der Waals surface area (Å²) in [4.78, 5) is 0. The van der Waals surface area contributed by atoms with E-state index >= 15 is 0 Å². The van der Waals surface area contributed by atoms with Crippen molar-refractivity contribution in [1.29, 1.82) is 0 Å². The molecule has 0 bridgehead atoms. The van der Waals surface area contributed by atoms with E-state index in [4.69, 9.17) is 4.74 Å². The molecule has 1 saturated carbocycles. The fraction of sp³-hybridized carbons (Fsp3) is 1.00. The van der Waals surface area contributed by atoms with Gasteiger partial charge in [0.2, 0.25) is 0 Å². The number of aliphatic hydroxyl groups excluding tert-OH is 1. The molecule has 2 heteroatoms. The first-order valence-corrected chi connectivity index (χ1v) is 4.66. The highest BCUT2D eigenvalue weighted by Crippen LogP contribution is 2.39. The monoisotopic (exact) mass is 156 g/mol. The SMILES string of the molecule is O[C@@H]1CCOC12CCCCC2. The van der Waals surface area contributed by atoms with E-state index in [0.717, 1.165) is 25.9 Å². The lowest BCUT2D eigenvalue weighted by molar-refractivity contribution is -0.0809. The Morgan fingerprint density at radius 3 is 2.45 bits per heavy atom. The number of hydrogen-bond acceptors (Lipinski definition) is 2. The van der Waals surface area contributed by atoms with Gasteiger partial charge in [-0.1, -0.05) is 19.3 Å². The standard InChI is InChI=1S/C9H16O2/c10-8-4-7-11-9(8)5-2-1-3-6-9/h8,10H,1-7H2/t8-/m1/s1. The van der Waals surface area contributed by atoms with Crippen LogP contribution < -0.4 is 0 Å². The number of rotatable bonds is 0. The predicted molar refractivity (Wildman–Crippen MR) is 42.4 cm³/mol. The van der Waals surface area contributed by atoms with Gasteiger partial charge >= 0.3 is 0 Å². The molecule has 2 fully saturated rings. The van der Waals surface area contributed by atoms with E-state index in [0.29, 0.717) is 0 Å². The van der Waals surface area contributed by atoms with Crippen molar-refractivity contribution in [3.8, 4) is 0 Å². The Morgan fingerprint density at radius 1 is 1.18 bits per heavy atom. The van der Waals surface area contributed by atoms with Crippen molar-refractivity contribution < 1.29 is 9.84 Å². The van der Waals surface area contributed by atoms with Gasteiger partial charge < -0.3 is 9.84 Å². The molecule has 1 heterocycles. The summed E-state index contributed by atoms with van der Waals surface area (Å²) in [6, 6.07) is 0. The Morgan fingerprint density at radius 2 is 1.91 bits per heavy atom. The van der Waals surface area contributed by atoms with Crippen LogP contribution in [0.5, 0.6) is 0 Å². The third-order valence-electron chi connectivity index (χ3n) is 3.09. The van der Waals surface area contributed by atoms with Crippen molar-refractivity contribution in [2.45, 2.75) is 50.2 Å². The first kappa shape index (κ1) is 7.56. The van der Waals surface area contributed by atoms with Gasteiger partial charge in [0.25, 0.3) is 0 Å². The summed E-state index contributed by atoms with van der Waals surface area (Å²) in [7, 11) is 0. The largest absolute Gasteiger partial charge is 0.390 e. The summed E-state index contributed by atoms with van der Waals surface area (Å²) in [6.45, 7) is 0.765. The second kappa shape index (κ2) is 2.76. The number of ether oxygens (including phenoxy) is 1. The Bertz CT molecular complexity index is 138. The minimum Gasteiger partial charge on any atom is -0.390 e. The zero-order valence-corrected chi connectivity index (χ0v) is 6.88. The highest BCUT2D eigenvalue weighted by molar-refractivity contribution is 4.94. The second-order valence-corrected chi connectivity index (χ2v) is 3.78. The Hall–Kier alpha value is -0.0800. The van der Waals surface area contributed by atoms with Crippen molar-refractivity contribution in [1.82, 2.24) is 0 Å². The fourth-order valence-corrected chi connectivity index (χ4v) is 2.36. The lowest BCUT2D eigenvalue weighted by Gasteiger charge is -2.35. The maximum Gasteiger partial charge on any atom is 0.0941 e. The van der Waals surface area contributed by atoms with E-state index in [2.05, 4.69) is 0 Å². The van der Waals surface area contributed by atoms with Gasteiger partial charge in [0.05, 0.1) is 18.3 Å². The van der Waals surface area contributed by atoms with Gasteiger partial charge in [-0.05, 0) is 19.3 Å². The lowest BCUT2D eigenvalue weighted by Crippen LogP contribution is -2.40. The molecule has 1 atom stereocenters. The topological polar surface area (TPSA) is 29.5 Å². The molecule has 64 valence electrons. The summed E-state index contributed by atoms with van der Waals surface area (Å²) in [5.41, 5.74) is -0.113. The van der Waals surface area contributed by atoms with Gasteiger partial charge in [0, 0.05) is 0 Å². The van der Waals surface area contributed by atoms with Crippen LogP contribution >= 0.6 is 0 Å². The summed E-state index contributed by atoms with van der Waals surface area (Å²) < 4.78 is 5.64. The fourth-order valence-electron chi connectivity index (χ4n) is 2.36. The molecule has 0 aromatic rings. The summed E-state index contributed by atoms with van der Waals surface area (Å²) in [5.74, 6) is 0. The lowest BCUT2D eigenvalue weighted by atomic mass is 9.81. The summed E-state index contributed by atoms with van der Waals surface area (Å²) in [5, 5.41) is 9.68. The van der Waals surface area contributed by atoms with E-state index in [-0.39, 0.29) is 11.7 Å². The van der Waals surface area contributed by atoms with Gasteiger partial charge in [-0.3, -0.25) is 0 Å². The first-order chi connectivity index (χ1) is 5.33. The average Bonchev–Trinajstić information content (AvgIpc) is 2.36. The molecule has 1 spiro atoms. The van der Waals surface area contributed by atoms with E-state index in [1.165, 1.54) is 19.3 Å². The van der Waals surface area contributed by atoms with Gasteiger partial charge in [-0.2, -0.15) is 0 Å². The smallest absolute Gasteiger partial charge is 0.0941 e. The molecule has 2 rings (SSSR count).